The molecule has 0 unspecified atom stereocenters. The number of rotatable bonds is 9. The number of hydrogen-bond acceptors (Lipinski definition) is 7. The number of ether oxygens (including phenoxy) is 4. The minimum atomic E-state index is -0.967. The molecule has 9 nitrogen and oxygen atoms in total. The van der Waals surface area contributed by atoms with Crippen LogP contribution in [0.4, 0.5) is 4.79 Å². The number of nitrogens with zero attached hydrogens (tertiary/aromatic N) is 1. The van der Waals surface area contributed by atoms with Crippen LogP contribution in [0, 0.1) is 0 Å². The summed E-state index contributed by atoms with van der Waals surface area (Å²) in [7, 11) is 3.28. The summed E-state index contributed by atoms with van der Waals surface area (Å²) >= 11 is 0. The van der Waals surface area contributed by atoms with Gasteiger partial charge in [-0.25, -0.2) is 4.79 Å². The number of imide groups is 1. The Morgan fingerprint density at radius 2 is 1.44 bits per heavy atom. The molecule has 2 fully saturated rings. The third-order valence-electron chi connectivity index (χ3n) is 7.13. The number of methoxy groups -OCH3 is 2. The second kappa shape index (κ2) is 11.9. The van der Waals surface area contributed by atoms with Gasteiger partial charge in [-0.3, -0.25) is 15.0 Å². The highest BCUT2D eigenvalue weighted by molar-refractivity contribution is 5.96. The van der Waals surface area contributed by atoms with E-state index in [0.717, 1.165) is 28.2 Å². The molecule has 0 bridgehead atoms. The largest absolute Gasteiger partial charge is 0.497 e. The van der Waals surface area contributed by atoms with Crippen LogP contribution in [0.15, 0.2) is 78.9 Å². The van der Waals surface area contributed by atoms with Gasteiger partial charge in [0.05, 0.1) is 26.9 Å². The number of urea groups is 1. The Kier molecular flexibility index (Phi) is 8.11. The Bertz CT molecular complexity index is 1220. The van der Waals surface area contributed by atoms with Gasteiger partial charge in [-0.05, 0) is 41.0 Å². The zero-order valence-corrected chi connectivity index (χ0v) is 22.1. The van der Waals surface area contributed by atoms with Crippen LogP contribution in [0.5, 0.6) is 11.5 Å². The van der Waals surface area contributed by atoms with Gasteiger partial charge in [0.15, 0.2) is 0 Å². The molecule has 2 aliphatic heterocycles. The second-order valence-corrected chi connectivity index (χ2v) is 9.48. The average Bonchev–Trinajstić information content (AvgIpc) is 2.99. The van der Waals surface area contributed by atoms with Gasteiger partial charge in [-0.1, -0.05) is 54.6 Å². The van der Waals surface area contributed by atoms with Crippen molar-refractivity contribution in [3.63, 3.8) is 0 Å². The van der Waals surface area contributed by atoms with Crippen molar-refractivity contribution < 1.29 is 28.5 Å². The molecular weight excluding hydrogens is 498 g/mol. The van der Waals surface area contributed by atoms with Crippen LogP contribution in [-0.4, -0.2) is 69.6 Å². The fourth-order valence-corrected chi connectivity index (χ4v) is 5.11. The highest BCUT2D eigenvalue weighted by Gasteiger charge is 2.40. The van der Waals surface area contributed by atoms with Gasteiger partial charge in [0.2, 0.25) is 5.91 Å². The molecule has 0 aliphatic carbocycles. The number of hydrogen-bond donors (Lipinski definition) is 2. The zero-order chi connectivity index (χ0) is 27.2. The van der Waals surface area contributed by atoms with E-state index in [4.69, 9.17) is 18.9 Å². The SMILES string of the molecule is COc1ccc(C(OC[C@@H]2CNC[C@H](N3CCC(=O)NC3=O)O2)(c2ccccc2)c2ccc(OC)cc2)cc1. The van der Waals surface area contributed by atoms with Crippen LogP contribution < -0.4 is 20.1 Å². The van der Waals surface area contributed by atoms with Crippen LogP contribution in [0.2, 0.25) is 0 Å². The molecule has 2 N–H and O–H groups in total. The highest BCUT2D eigenvalue weighted by Crippen LogP contribution is 2.42. The van der Waals surface area contributed by atoms with E-state index in [-0.39, 0.29) is 25.0 Å². The molecule has 2 atom stereocenters. The average molecular weight is 532 g/mol. The van der Waals surface area contributed by atoms with Crippen molar-refractivity contribution in [3.05, 3.63) is 95.6 Å². The van der Waals surface area contributed by atoms with Crippen LogP contribution in [0.3, 0.4) is 0 Å². The van der Waals surface area contributed by atoms with Gasteiger partial charge in [-0.15, -0.1) is 0 Å². The first-order valence-corrected chi connectivity index (χ1v) is 13.0. The standard InChI is InChI=1S/C30H33N3O6/c1-36-24-12-8-22(9-13-24)30(21-6-4-3-5-7-21,23-10-14-25(37-2)15-11-23)38-20-26-18-31-19-28(39-26)33-17-16-27(34)32-29(33)35/h3-15,26,28,31H,16-20H2,1-2H3,(H,32,34,35)/t26-,28+/m0/s1. The topological polar surface area (TPSA) is 98.4 Å². The third-order valence-corrected chi connectivity index (χ3v) is 7.13. The fourth-order valence-electron chi connectivity index (χ4n) is 5.11. The Labute approximate surface area is 228 Å². The van der Waals surface area contributed by atoms with E-state index in [1.165, 1.54) is 0 Å². The zero-order valence-electron chi connectivity index (χ0n) is 22.1. The summed E-state index contributed by atoms with van der Waals surface area (Å²) in [6.45, 7) is 1.58. The van der Waals surface area contributed by atoms with E-state index < -0.39 is 17.9 Å². The van der Waals surface area contributed by atoms with Gasteiger partial charge in [0, 0.05) is 26.1 Å². The summed E-state index contributed by atoms with van der Waals surface area (Å²) in [4.78, 5) is 25.6. The lowest BCUT2D eigenvalue weighted by molar-refractivity contribution is -0.144. The molecule has 3 aromatic carbocycles. The molecular formula is C30H33N3O6. The molecule has 2 aliphatic rings. The van der Waals surface area contributed by atoms with E-state index >= 15 is 0 Å². The maximum atomic E-state index is 12.4. The fraction of sp³-hybridized carbons (Fsp3) is 0.333. The van der Waals surface area contributed by atoms with Gasteiger partial charge in [0.25, 0.3) is 0 Å². The van der Waals surface area contributed by atoms with Crippen LogP contribution in [-0.2, 0) is 19.9 Å². The predicted molar refractivity (Wildman–Crippen MR) is 145 cm³/mol. The molecule has 0 saturated carbocycles. The van der Waals surface area contributed by atoms with Crippen LogP contribution in [0.25, 0.3) is 0 Å². The van der Waals surface area contributed by atoms with Crippen molar-refractivity contribution in [3.8, 4) is 11.5 Å². The summed E-state index contributed by atoms with van der Waals surface area (Å²) in [5, 5.41) is 5.72. The minimum absolute atomic E-state index is 0.241. The van der Waals surface area contributed by atoms with Crippen LogP contribution >= 0.6 is 0 Å². The summed E-state index contributed by atoms with van der Waals surface area (Å²) in [6.07, 6.45) is -0.596. The molecule has 0 aromatic heterocycles. The number of carbonyl (C=O) groups is 2. The minimum Gasteiger partial charge on any atom is -0.497 e. The Morgan fingerprint density at radius 3 is 2.00 bits per heavy atom. The molecule has 39 heavy (non-hydrogen) atoms. The van der Waals surface area contributed by atoms with Crippen molar-refractivity contribution in [2.45, 2.75) is 24.4 Å². The van der Waals surface area contributed by atoms with E-state index in [9.17, 15) is 9.59 Å². The lowest BCUT2D eigenvalue weighted by atomic mass is 9.80. The Morgan fingerprint density at radius 1 is 0.846 bits per heavy atom. The highest BCUT2D eigenvalue weighted by atomic mass is 16.6. The van der Waals surface area contributed by atoms with E-state index in [2.05, 4.69) is 10.6 Å². The summed E-state index contributed by atoms with van der Waals surface area (Å²) < 4.78 is 24.1. The lowest BCUT2D eigenvalue weighted by Crippen LogP contribution is -2.60. The molecule has 3 aromatic rings. The van der Waals surface area contributed by atoms with E-state index in [1.807, 2.05) is 78.9 Å². The van der Waals surface area contributed by atoms with E-state index in [1.54, 1.807) is 19.1 Å². The van der Waals surface area contributed by atoms with Crippen molar-refractivity contribution in [2.24, 2.45) is 0 Å². The molecule has 5 rings (SSSR count). The van der Waals surface area contributed by atoms with Crippen molar-refractivity contribution >= 4 is 11.9 Å². The summed E-state index contributed by atoms with van der Waals surface area (Å²) in [5.74, 6) is 1.22. The van der Waals surface area contributed by atoms with Gasteiger partial charge < -0.3 is 24.3 Å². The number of benzene rings is 3. The van der Waals surface area contributed by atoms with Crippen molar-refractivity contribution in [1.82, 2.24) is 15.5 Å². The molecule has 2 heterocycles. The van der Waals surface area contributed by atoms with Gasteiger partial charge in [0.1, 0.15) is 23.3 Å². The Hall–Kier alpha value is -3.92. The number of nitrogens with one attached hydrogen (secondary N) is 2. The van der Waals surface area contributed by atoms with Gasteiger partial charge >= 0.3 is 6.03 Å². The normalized spacial score (nSPS) is 19.9. The predicted octanol–water partition coefficient (Wildman–Crippen LogP) is 3.27. The quantitative estimate of drug-likeness (QED) is 0.409. The summed E-state index contributed by atoms with van der Waals surface area (Å²) in [6, 6.07) is 25.3. The summed E-state index contributed by atoms with van der Waals surface area (Å²) in [5.41, 5.74) is 1.84. The number of amides is 3. The first-order valence-electron chi connectivity index (χ1n) is 13.0. The van der Waals surface area contributed by atoms with E-state index in [0.29, 0.717) is 19.6 Å². The van der Waals surface area contributed by atoms with Crippen molar-refractivity contribution in [2.75, 3.05) is 40.5 Å². The molecule has 0 radical (unpaired) electrons. The molecule has 0 spiro atoms. The maximum Gasteiger partial charge on any atom is 0.326 e. The lowest BCUT2D eigenvalue weighted by Gasteiger charge is -2.41. The molecule has 2 saturated heterocycles. The van der Waals surface area contributed by atoms with Crippen LogP contribution in [0.1, 0.15) is 23.1 Å². The molecule has 3 amide bonds. The smallest absolute Gasteiger partial charge is 0.326 e. The second-order valence-electron chi connectivity index (χ2n) is 9.48. The third kappa shape index (κ3) is 5.61. The van der Waals surface area contributed by atoms with Crippen molar-refractivity contribution in [1.29, 1.82) is 0 Å². The molecule has 204 valence electrons. The Balaban J connectivity index is 1.48. The number of morpholine rings is 1. The van der Waals surface area contributed by atoms with Gasteiger partial charge in [-0.2, -0.15) is 0 Å². The maximum absolute atomic E-state index is 12.4. The number of carbonyl (C=O) groups excluding carboxylic acids is 2. The first-order chi connectivity index (χ1) is 19.0. The first kappa shape index (κ1) is 26.7. The molecule has 9 heteroatoms. The monoisotopic (exact) mass is 531 g/mol.